The molecule has 1 saturated carbocycles. The van der Waals surface area contributed by atoms with Crippen LogP contribution in [0.25, 0.3) is 0 Å². The molecule has 0 bridgehead atoms. The van der Waals surface area contributed by atoms with Crippen LogP contribution in [0.2, 0.25) is 0 Å². The van der Waals surface area contributed by atoms with Gasteiger partial charge in [0.25, 0.3) is 0 Å². The zero-order valence-corrected chi connectivity index (χ0v) is 19.9. The van der Waals surface area contributed by atoms with Crippen LogP contribution in [0.5, 0.6) is 17.2 Å². The molecule has 1 N–H and O–H groups in total. The SMILES string of the molecule is COc1cc(OC)c(N2CC3(N=N2)C(=O)OC2C3CC[C@H](C)[C@]3(O)C=CC(=O)[C@@]23C)c(OC)c1. The number of aliphatic hydroxyl groups is 1. The number of ketones is 1. The summed E-state index contributed by atoms with van der Waals surface area (Å²) in [4.78, 5) is 26.4. The van der Waals surface area contributed by atoms with Gasteiger partial charge in [-0.2, -0.15) is 0 Å². The van der Waals surface area contributed by atoms with E-state index in [1.54, 1.807) is 37.3 Å². The molecule has 0 radical (unpaired) electrons. The lowest BCUT2D eigenvalue weighted by Gasteiger charge is -2.43. The smallest absolute Gasteiger partial charge is 0.338 e. The van der Waals surface area contributed by atoms with Gasteiger partial charge in [-0.1, -0.05) is 12.1 Å². The highest BCUT2D eigenvalue weighted by molar-refractivity contribution is 6.00. The van der Waals surface area contributed by atoms with Crippen molar-refractivity contribution in [3.8, 4) is 17.2 Å². The van der Waals surface area contributed by atoms with Gasteiger partial charge in [-0.15, -0.1) is 5.11 Å². The Bertz CT molecular complexity index is 1090. The van der Waals surface area contributed by atoms with Gasteiger partial charge in [0, 0.05) is 18.1 Å². The fraction of sp³-hybridized carbons (Fsp3) is 0.583. The number of methoxy groups -OCH3 is 3. The van der Waals surface area contributed by atoms with Crippen LogP contribution in [0.3, 0.4) is 0 Å². The van der Waals surface area contributed by atoms with Gasteiger partial charge in [0.15, 0.2) is 17.3 Å². The van der Waals surface area contributed by atoms with Crippen molar-refractivity contribution in [1.82, 2.24) is 0 Å². The van der Waals surface area contributed by atoms with Gasteiger partial charge < -0.3 is 24.1 Å². The van der Waals surface area contributed by atoms with E-state index in [-0.39, 0.29) is 18.2 Å². The van der Waals surface area contributed by atoms with Crippen LogP contribution in [0, 0.1) is 17.3 Å². The maximum Gasteiger partial charge on any atom is 0.338 e. The van der Waals surface area contributed by atoms with Crippen LogP contribution < -0.4 is 19.2 Å². The van der Waals surface area contributed by atoms with Crippen molar-refractivity contribution in [2.75, 3.05) is 32.9 Å². The van der Waals surface area contributed by atoms with E-state index in [9.17, 15) is 14.7 Å². The Labute approximate surface area is 197 Å². The van der Waals surface area contributed by atoms with Gasteiger partial charge in [0.2, 0.25) is 5.54 Å². The van der Waals surface area contributed by atoms with Crippen LogP contribution in [0.1, 0.15) is 26.7 Å². The fourth-order valence-electron chi connectivity index (χ4n) is 6.14. The summed E-state index contributed by atoms with van der Waals surface area (Å²) in [6.45, 7) is 3.71. The highest BCUT2D eigenvalue weighted by Gasteiger charge is 2.72. The van der Waals surface area contributed by atoms with Gasteiger partial charge in [-0.3, -0.25) is 4.79 Å². The molecule has 2 heterocycles. The summed E-state index contributed by atoms with van der Waals surface area (Å²) < 4.78 is 22.3. The highest BCUT2D eigenvalue weighted by Crippen LogP contribution is 2.59. The number of carbonyl (C=O) groups excluding carboxylic acids is 2. The molecule has 1 aromatic carbocycles. The number of hydrogen-bond donors (Lipinski definition) is 1. The summed E-state index contributed by atoms with van der Waals surface area (Å²) in [7, 11) is 4.59. The highest BCUT2D eigenvalue weighted by atomic mass is 16.6. The lowest BCUT2D eigenvalue weighted by molar-refractivity contribution is -0.166. The first-order valence-corrected chi connectivity index (χ1v) is 11.3. The minimum Gasteiger partial charge on any atom is -0.496 e. The third-order valence-electron chi connectivity index (χ3n) is 8.30. The second-order valence-corrected chi connectivity index (χ2v) is 9.69. The van der Waals surface area contributed by atoms with E-state index in [0.717, 1.165) is 0 Å². The van der Waals surface area contributed by atoms with Crippen molar-refractivity contribution < 1.29 is 33.6 Å². The molecule has 10 heteroatoms. The number of allylic oxidation sites excluding steroid dienone is 1. The predicted molar refractivity (Wildman–Crippen MR) is 120 cm³/mol. The van der Waals surface area contributed by atoms with E-state index in [1.165, 1.54) is 20.3 Å². The van der Waals surface area contributed by atoms with Crippen molar-refractivity contribution in [1.29, 1.82) is 0 Å². The molecule has 5 rings (SSSR count). The quantitative estimate of drug-likeness (QED) is 0.666. The van der Waals surface area contributed by atoms with Gasteiger partial charge in [-0.25, -0.2) is 9.80 Å². The van der Waals surface area contributed by atoms with Crippen molar-refractivity contribution in [2.45, 2.75) is 43.9 Å². The number of anilines is 1. The molecule has 2 fully saturated rings. The summed E-state index contributed by atoms with van der Waals surface area (Å²) >= 11 is 0. The first-order valence-electron chi connectivity index (χ1n) is 11.3. The summed E-state index contributed by atoms with van der Waals surface area (Å²) in [5.74, 6) is 0.0158. The Balaban J connectivity index is 1.55. The monoisotopic (exact) mass is 471 g/mol. The Morgan fingerprint density at radius 1 is 1.12 bits per heavy atom. The van der Waals surface area contributed by atoms with Crippen molar-refractivity contribution in [2.24, 2.45) is 27.6 Å². The Morgan fingerprint density at radius 3 is 2.41 bits per heavy atom. The Morgan fingerprint density at radius 2 is 1.79 bits per heavy atom. The lowest BCUT2D eigenvalue weighted by Crippen LogP contribution is -2.57. The van der Waals surface area contributed by atoms with Gasteiger partial charge in [-0.05, 0) is 37.8 Å². The minimum absolute atomic E-state index is 0.0938. The average molecular weight is 472 g/mol. The molecule has 4 aliphatic rings. The summed E-state index contributed by atoms with van der Waals surface area (Å²) in [6.07, 6.45) is 3.31. The van der Waals surface area contributed by atoms with Crippen LogP contribution in [-0.4, -0.2) is 62.0 Å². The molecule has 182 valence electrons. The molecule has 2 aliphatic heterocycles. The molecule has 10 nitrogen and oxygen atoms in total. The van der Waals surface area contributed by atoms with E-state index in [2.05, 4.69) is 10.3 Å². The molecule has 1 spiro atoms. The second-order valence-electron chi connectivity index (χ2n) is 9.69. The van der Waals surface area contributed by atoms with E-state index < -0.39 is 34.5 Å². The third-order valence-corrected chi connectivity index (χ3v) is 8.30. The summed E-state index contributed by atoms with van der Waals surface area (Å²) in [5, 5.41) is 21.9. The van der Waals surface area contributed by atoms with Gasteiger partial charge in [0.05, 0.1) is 33.3 Å². The molecule has 6 atom stereocenters. The molecular formula is C24H29N3O7. The number of hydrogen-bond acceptors (Lipinski definition) is 10. The van der Waals surface area contributed by atoms with Crippen LogP contribution in [-0.2, 0) is 14.3 Å². The molecule has 0 amide bonds. The van der Waals surface area contributed by atoms with Crippen molar-refractivity contribution in [3.63, 3.8) is 0 Å². The Kier molecular flexibility index (Phi) is 4.95. The number of carbonyl (C=O) groups is 2. The van der Waals surface area contributed by atoms with E-state index in [4.69, 9.17) is 18.9 Å². The minimum atomic E-state index is -1.40. The predicted octanol–water partition coefficient (Wildman–Crippen LogP) is 2.49. The molecule has 0 aromatic heterocycles. The normalized spacial score (nSPS) is 38.1. The molecule has 3 unspecified atom stereocenters. The molecule has 1 saturated heterocycles. The van der Waals surface area contributed by atoms with Gasteiger partial charge >= 0.3 is 5.97 Å². The van der Waals surface area contributed by atoms with Crippen LogP contribution >= 0.6 is 0 Å². The first-order chi connectivity index (χ1) is 16.2. The zero-order chi connectivity index (χ0) is 24.5. The Hall–Kier alpha value is -3.14. The van der Waals surface area contributed by atoms with Crippen LogP contribution in [0.4, 0.5) is 5.69 Å². The zero-order valence-electron chi connectivity index (χ0n) is 19.9. The van der Waals surface area contributed by atoms with E-state index in [0.29, 0.717) is 35.8 Å². The molecule has 1 aromatic rings. The number of benzene rings is 1. The van der Waals surface area contributed by atoms with E-state index >= 15 is 0 Å². The van der Waals surface area contributed by atoms with Gasteiger partial charge in [0.1, 0.15) is 23.1 Å². The number of fused-ring (bicyclic) bond motifs is 4. The number of nitrogens with zero attached hydrogens (tertiary/aromatic N) is 3. The van der Waals surface area contributed by atoms with Crippen LogP contribution in [0.15, 0.2) is 34.6 Å². The largest absolute Gasteiger partial charge is 0.496 e. The lowest BCUT2D eigenvalue weighted by atomic mass is 9.63. The third kappa shape index (κ3) is 2.65. The van der Waals surface area contributed by atoms with Crippen molar-refractivity contribution >= 4 is 17.4 Å². The standard InChI is InChI=1S/C24H29N3O7/c1-13-6-7-15-20(22(2)18(28)8-9-24(13,22)30)34-21(29)23(15)12-27(26-25-23)19-16(32-4)10-14(31-3)11-17(19)33-5/h8-11,13,15,20,30H,6-7,12H2,1-5H3/t13-,15?,20?,22-,23?,24+/m0/s1. The number of ether oxygens (including phenoxy) is 4. The number of rotatable bonds is 4. The molecule has 2 aliphatic carbocycles. The number of esters is 1. The topological polar surface area (TPSA) is 119 Å². The summed E-state index contributed by atoms with van der Waals surface area (Å²) in [6, 6.07) is 3.40. The maximum atomic E-state index is 13.4. The summed E-state index contributed by atoms with van der Waals surface area (Å²) in [5.41, 5.74) is -3.48. The average Bonchev–Trinajstić information content (AvgIpc) is 3.46. The van der Waals surface area contributed by atoms with E-state index in [1.807, 2.05) is 6.92 Å². The maximum absolute atomic E-state index is 13.4. The molecule has 34 heavy (non-hydrogen) atoms. The first kappa shape index (κ1) is 22.6. The molecular weight excluding hydrogens is 442 g/mol. The second kappa shape index (κ2) is 7.43. The van der Waals surface area contributed by atoms with Crippen molar-refractivity contribution in [3.05, 3.63) is 24.3 Å². The fourth-order valence-corrected chi connectivity index (χ4v) is 6.14.